The van der Waals surface area contributed by atoms with Crippen LogP contribution in [0.2, 0.25) is 5.02 Å². The van der Waals surface area contributed by atoms with Crippen LogP contribution in [0.15, 0.2) is 18.2 Å². The maximum Gasteiger partial charge on any atom is 0.288 e. The standard InChI is InChI=1S/C15H14ClN3O4S/c1-9(23-12-3-2-10(7-17)6-11(12)16)14(21)18-4-5-19-13(20)8-24-15(19)22/h2-3,6,9H,4-5,8H2,1H3,(H,18,21)/t9-/m1/s1. The van der Waals surface area contributed by atoms with Crippen LogP contribution in [0.1, 0.15) is 12.5 Å². The van der Waals surface area contributed by atoms with Crippen LogP contribution in [-0.4, -0.2) is 46.9 Å². The van der Waals surface area contributed by atoms with Crippen molar-refractivity contribution in [1.29, 1.82) is 5.26 Å². The lowest BCUT2D eigenvalue weighted by atomic mass is 10.2. The molecule has 1 aromatic carbocycles. The number of nitrogens with one attached hydrogen (secondary N) is 1. The van der Waals surface area contributed by atoms with E-state index in [1.165, 1.54) is 18.2 Å². The first-order valence-electron chi connectivity index (χ1n) is 7.03. The molecule has 1 fully saturated rings. The summed E-state index contributed by atoms with van der Waals surface area (Å²) >= 11 is 6.94. The molecule has 1 N–H and O–H groups in total. The molecular weight excluding hydrogens is 354 g/mol. The van der Waals surface area contributed by atoms with E-state index >= 15 is 0 Å². The van der Waals surface area contributed by atoms with Gasteiger partial charge in [0.05, 0.1) is 22.4 Å². The molecule has 7 nitrogen and oxygen atoms in total. The van der Waals surface area contributed by atoms with Crippen molar-refractivity contribution in [2.24, 2.45) is 0 Å². The third kappa shape index (κ3) is 4.40. The van der Waals surface area contributed by atoms with Gasteiger partial charge in [-0.05, 0) is 25.1 Å². The second-order valence-electron chi connectivity index (χ2n) is 4.91. The van der Waals surface area contributed by atoms with E-state index in [9.17, 15) is 14.4 Å². The molecule has 1 heterocycles. The van der Waals surface area contributed by atoms with E-state index in [1.807, 2.05) is 6.07 Å². The predicted octanol–water partition coefficient (Wildman–Crippen LogP) is 1.79. The fraction of sp³-hybridized carbons (Fsp3) is 0.333. The molecule has 2 rings (SSSR count). The van der Waals surface area contributed by atoms with E-state index in [1.54, 1.807) is 6.92 Å². The van der Waals surface area contributed by atoms with Crippen LogP contribution in [0, 0.1) is 11.3 Å². The highest BCUT2D eigenvalue weighted by molar-refractivity contribution is 8.14. The highest BCUT2D eigenvalue weighted by Crippen LogP contribution is 2.26. The van der Waals surface area contributed by atoms with E-state index in [0.717, 1.165) is 16.7 Å². The van der Waals surface area contributed by atoms with Gasteiger partial charge >= 0.3 is 0 Å². The van der Waals surface area contributed by atoms with Crippen molar-refractivity contribution in [1.82, 2.24) is 10.2 Å². The summed E-state index contributed by atoms with van der Waals surface area (Å²) < 4.78 is 5.47. The Kier molecular flexibility index (Phi) is 6.06. The van der Waals surface area contributed by atoms with Gasteiger partial charge in [0.25, 0.3) is 11.1 Å². The number of nitrogens with zero attached hydrogens (tertiary/aromatic N) is 2. The number of carbonyl (C=O) groups excluding carboxylic acids is 3. The quantitative estimate of drug-likeness (QED) is 0.822. The van der Waals surface area contributed by atoms with E-state index < -0.39 is 12.0 Å². The smallest absolute Gasteiger partial charge is 0.288 e. The van der Waals surface area contributed by atoms with Gasteiger partial charge in [-0.25, -0.2) is 0 Å². The first-order valence-corrected chi connectivity index (χ1v) is 8.40. The molecular formula is C15H14ClN3O4S. The van der Waals surface area contributed by atoms with Gasteiger partial charge in [-0.2, -0.15) is 5.26 Å². The van der Waals surface area contributed by atoms with Gasteiger partial charge in [0.1, 0.15) is 5.75 Å². The summed E-state index contributed by atoms with van der Waals surface area (Å²) in [6.07, 6.45) is -0.824. The number of nitriles is 1. The van der Waals surface area contributed by atoms with Gasteiger partial charge in [0.2, 0.25) is 5.91 Å². The molecule has 3 amide bonds. The predicted molar refractivity (Wildman–Crippen MR) is 88.8 cm³/mol. The summed E-state index contributed by atoms with van der Waals surface area (Å²) in [5.41, 5.74) is 0.391. The Bertz CT molecular complexity index is 703. The number of imide groups is 1. The molecule has 0 aliphatic carbocycles. The fourth-order valence-electron chi connectivity index (χ4n) is 1.94. The minimum Gasteiger partial charge on any atom is -0.479 e. The van der Waals surface area contributed by atoms with Gasteiger partial charge in [0.15, 0.2) is 6.10 Å². The zero-order valence-electron chi connectivity index (χ0n) is 12.7. The van der Waals surface area contributed by atoms with Crippen molar-refractivity contribution >= 4 is 40.4 Å². The zero-order valence-corrected chi connectivity index (χ0v) is 14.3. The van der Waals surface area contributed by atoms with Crippen molar-refractivity contribution in [2.45, 2.75) is 13.0 Å². The largest absolute Gasteiger partial charge is 0.479 e. The molecule has 0 aromatic heterocycles. The Balaban J connectivity index is 1.83. The highest BCUT2D eigenvalue weighted by atomic mass is 35.5. The lowest BCUT2D eigenvalue weighted by Crippen LogP contribution is -2.42. The average molecular weight is 368 g/mol. The van der Waals surface area contributed by atoms with Gasteiger partial charge in [-0.15, -0.1) is 0 Å². The Hall–Kier alpha value is -2.24. The second-order valence-corrected chi connectivity index (χ2v) is 6.24. The van der Waals surface area contributed by atoms with Crippen LogP contribution >= 0.6 is 23.4 Å². The highest BCUT2D eigenvalue weighted by Gasteiger charge is 2.29. The molecule has 1 atom stereocenters. The summed E-state index contributed by atoms with van der Waals surface area (Å²) in [6, 6.07) is 6.45. The first-order chi connectivity index (χ1) is 11.4. The van der Waals surface area contributed by atoms with E-state index in [2.05, 4.69) is 5.32 Å². The Morgan fingerprint density at radius 2 is 2.29 bits per heavy atom. The molecule has 1 saturated heterocycles. The molecule has 0 spiro atoms. The molecule has 126 valence electrons. The summed E-state index contributed by atoms with van der Waals surface area (Å²) in [6.45, 7) is 1.82. The lowest BCUT2D eigenvalue weighted by Gasteiger charge is -2.17. The second kappa shape index (κ2) is 8.04. The summed E-state index contributed by atoms with van der Waals surface area (Å²) in [5, 5.41) is 11.3. The van der Waals surface area contributed by atoms with Crippen LogP contribution in [0.25, 0.3) is 0 Å². The summed E-state index contributed by atoms with van der Waals surface area (Å²) in [4.78, 5) is 36.0. The topological polar surface area (TPSA) is 99.5 Å². The zero-order chi connectivity index (χ0) is 17.7. The van der Waals surface area contributed by atoms with Crippen molar-refractivity contribution < 1.29 is 19.1 Å². The average Bonchev–Trinajstić information content (AvgIpc) is 2.88. The maximum atomic E-state index is 12.0. The van der Waals surface area contributed by atoms with Gasteiger partial charge < -0.3 is 10.1 Å². The normalized spacial score (nSPS) is 15.1. The van der Waals surface area contributed by atoms with Crippen molar-refractivity contribution in [2.75, 3.05) is 18.8 Å². The lowest BCUT2D eigenvalue weighted by molar-refractivity contribution is -0.128. The third-order valence-electron chi connectivity index (χ3n) is 3.21. The van der Waals surface area contributed by atoms with Gasteiger partial charge in [-0.3, -0.25) is 19.3 Å². The molecule has 0 bridgehead atoms. The molecule has 1 aliphatic rings. The van der Waals surface area contributed by atoms with Crippen molar-refractivity contribution in [3.63, 3.8) is 0 Å². The fourth-order valence-corrected chi connectivity index (χ4v) is 2.92. The summed E-state index contributed by atoms with van der Waals surface area (Å²) in [5.74, 6) is -0.224. The number of ether oxygens (including phenoxy) is 1. The van der Waals surface area contributed by atoms with E-state index in [0.29, 0.717) is 11.3 Å². The number of benzene rings is 1. The first kappa shape index (κ1) is 18.1. The number of amides is 3. The Labute approximate surface area is 147 Å². The SMILES string of the molecule is C[C@@H](Oc1ccc(C#N)cc1Cl)C(=O)NCCN1C(=O)CSC1=O. The van der Waals surface area contributed by atoms with Crippen LogP contribution in [0.4, 0.5) is 4.79 Å². The van der Waals surface area contributed by atoms with E-state index in [-0.39, 0.29) is 35.0 Å². The van der Waals surface area contributed by atoms with Crippen molar-refractivity contribution in [3.05, 3.63) is 28.8 Å². The number of hydrogen-bond acceptors (Lipinski definition) is 6. The number of hydrogen-bond donors (Lipinski definition) is 1. The molecule has 0 saturated carbocycles. The Morgan fingerprint density at radius 3 is 2.88 bits per heavy atom. The minimum absolute atomic E-state index is 0.126. The van der Waals surface area contributed by atoms with Crippen LogP contribution in [0.3, 0.4) is 0 Å². The maximum absolute atomic E-state index is 12.0. The molecule has 0 unspecified atom stereocenters. The number of carbonyl (C=O) groups is 3. The number of thioether (sulfide) groups is 1. The van der Waals surface area contributed by atoms with Crippen LogP contribution in [-0.2, 0) is 9.59 Å². The van der Waals surface area contributed by atoms with Crippen molar-refractivity contribution in [3.8, 4) is 11.8 Å². The molecule has 24 heavy (non-hydrogen) atoms. The molecule has 0 radical (unpaired) electrons. The monoisotopic (exact) mass is 367 g/mol. The number of rotatable bonds is 6. The summed E-state index contributed by atoms with van der Waals surface area (Å²) in [7, 11) is 0. The minimum atomic E-state index is -0.824. The van der Waals surface area contributed by atoms with Gasteiger partial charge in [-0.1, -0.05) is 23.4 Å². The Morgan fingerprint density at radius 1 is 1.54 bits per heavy atom. The molecule has 1 aliphatic heterocycles. The van der Waals surface area contributed by atoms with Gasteiger partial charge in [0, 0.05) is 13.1 Å². The third-order valence-corrected chi connectivity index (χ3v) is 4.36. The van der Waals surface area contributed by atoms with Crippen LogP contribution < -0.4 is 10.1 Å². The molecule has 1 aromatic rings. The molecule has 9 heteroatoms. The number of halogens is 1. The van der Waals surface area contributed by atoms with E-state index in [4.69, 9.17) is 21.6 Å². The van der Waals surface area contributed by atoms with Crippen LogP contribution in [0.5, 0.6) is 5.75 Å².